The lowest BCUT2D eigenvalue weighted by molar-refractivity contribution is 0.415. The highest BCUT2D eigenvalue weighted by molar-refractivity contribution is 5.83. The molecule has 7 heteroatoms. The Morgan fingerprint density at radius 2 is 1.92 bits per heavy atom. The number of H-pyrrole nitrogens is 2. The van der Waals surface area contributed by atoms with Crippen LogP contribution in [0.25, 0.3) is 17.0 Å². The lowest BCUT2D eigenvalue weighted by Gasteiger charge is -1.98. The summed E-state index contributed by atoms with van der Waals surface area (Å²) < 4.78 is 6.52. The summed E-state index contributed by atoms with van der Waals surface area (Å²) in [4.78, 5) is 24.7. The lowest BCUT2D eigenvalue weighted by Crippen LogP contribution is -2.18. The number of nitrogens with one attached hydrogen (secondary N) is 2. The van der Waals surface area contributed by atoms with Gasteiger partial charge in [0.15, 0.2) is 0 Å². The predicted molar refractivity (Wildman–Crippen MR) is 101 cm³/mol. The van der Waals surface area contributed by atoms with Crippen LogP contribution in [0.1, 0.15) is 11.3 Å². The fourth-order valence-corrected chi connectivity index (χ4v) is 2.71. The third-order valence-electron chi connectivity index (χ3n) is 4.12. The van der Waals surface area contributed by atoms with Crippen molar-refractivity contribution >= 4 is 22.9 Å². The monoisotopic (exact) mass is 347 g/mol. The van der Waals surface area contributed by atoms with Gasteiger partial charge in [-0.25, -0.2) is 4.98 Å². The van der Waals surface area contributed by atoms with Gasteiger partial charge in [-0.15, -0.1) is 0 Å². The first-order valence-electron chi connectivity index (χ1n) is 8.10. The number of imidazole rings is 1. The summed E-state index contributed by atoms with van der Waals surface area (Å²) in [5, 5.41) is 3.04. The number of rotatable bonds is 4. The van der Waals surface area contributed by atoms with E-state index in [2.05, 4.69) is 20.1 Å². The maximum atomic E-state index is 12.7. The van der Waals surface area contributed by atoms with E-state index in [1.165, 1.54) is 4.68 Å². The van der Waals surface area contributed by atoms with Gasteiger partial charge in [-0.2, -0.15) is 4.68 Å². The summed E-state index contributed by atoms with van der Waals surface area (Å²) in [6, 6.07) is 14.9. The number of fused-ring (bicyclic) bond motifs is 1. The van der Waals surface area contributed by atoms with Gasteiger partial charge in [0.05, 0.1) is 29.4 Å². The van der Waals surface area contributed by atoms with Gasteiger partial charge < -0.3 is 9.72 Å². The molecule has 0 saturated heterocycles. The highest BCUT2D eigenvalue weighted by Crippen LogP contribution is 2.18. The van der Waals surface area contributed by atoms with E-state index in [-0.39, 0.29) is 5.56 Å². The topological polar surface area (TPSA) is 88.1 Å². The van der Waals surface area contributed by atoms with Gasteiger partial charge in [0.25, 0.3) is 5.56 Å². The van der Waals surface area contributed by atoms with E-state index in [1.54, 1.807) is 13.3 Å². The Morgan fingerprint density at radius 1 is 1.15 bits per heavy atom. The number of benzene rings is 2. The first kappa shape index (κ1) is 15.9. The van der Waals surface area contributed by atoms with Crippen molar-refractivity contribution in [3.63, 3.8) is 0 Å². The zero-order chi connectivity index (χ0) is 18.1. The molecule has 2 aromatic heterocycles. The molecule has 2 aromatic carbocycles. The standard InChI is InChI=1S/C19H17N5O2/c1-12-15(11-20-13-7-9-14(26-2)10-8-13)18(25)24(23-12)19-21-16-5-3-4-6-17(16)22-19/h3-11,23H,1-2H3,(H,21,22). The molecule has 7 nitrogen and oxygen atoms in total. The van der Waals surface area contributed by atoms with E-state index in [1.807, 2.05) is 55.5 Å². The average molecular weight is 347 g/mol. The number of hydrogen-bond donors (Lipinski definition) is 2. The van der Waals surface area contributed by atoms with Gasteiger partial charge in [-0.1, -0.05) is 12.1 Å². The van der Waals surface area contributed by atoms with E-state index in [0.717, 1.165) is 22.5 Å². The Kier molecular flexibility index (Phi) is 3.89. The van der Waals surface area contributed by atoms with Crippen LogP contribution in [0.15, 0.2) is 58.3 Å². The molecule has 0 aliphatic carbocycles. The third-order valence-corrected chi connectivity index (χ3v) is 4.12. The van der Waals surface area contributed by atoms with Crippen molar-refractivity contribution in [3.05, 3.63) is 70.1 Å². The van der Waals surface area contributed by atoms with E-state index >= 15 is 0 Å². The largest absolute Gasteiger partial charge is 0.497 e. The fraction of sp³-hybridized carbons (Fsp3) is 0.105. The summed E-state index contributed by atoms with van der Waals surface area (Å²) in [5.74, 6) is 1.21. The van der Waals surface area contributed by atoms with Crippen molar-refractivity contribution in [1.29, 1.82) is 0 Å². The van der Waals surface area contributed by atoms with Gasteiger partial charge in [-0.3, -0.25) is 14.9 Å². The summed E-state index contributed by atoms with van der Waals surface area (Å²) in [7, 11) is 1.61. The van der Waals surface area contributed by atoms with E-state index in [9.17, 15) is 4.79 Å². The second-order valence-corrected chi connectivity index (χ2v) is 5.82. The first-order valence-corrected chi connectivity index (χ1v) is 8.10. The van der Waals surface area contributed by atoms with Crippen LogP contribution in [0.4, 0.5) is 5.69 Å². The lowest BCUT2D eigenvalue weighted by atomic mass is 10.2. The number of para-hydroxylation sites is 2. The number of ether oxygens (including phenoxy) is 1. The zero-order valence-electron chi connectivity index (χ0n) is 14.4. The number of aromatic nitrogens is 4. The minimum Gasteiger partial charge on any atom is -0.497 e. The molecule has 0 fully saturated rings. The molecular formula is C19H17N5O2. The molecule has 2 heterocycles. The normalized spacial score (nSPS) is 11.5. The summed E-state index contributed by atoms with van der Waals surface area (Å²) >= 11 is 0. The quantitative estimate of drug-likeness (QED) is 0.556. The molecule has 0 saturated carbocycles. The SMILES string of the molecule is COc1ccc(N=Cc2c(C)[nH]n(-c3nc4ccccc4[nH]3)c2=O)cc1. The molecule has 0 unspecified atom stereocenters. The average Bonchev–Trinajstić information content (AvgIpc) is 3.21. The number of hydrogen-bond acceptors (Lipinski definition) is 4. The van der Waals surface area contributed by atoms with E-state index in [4.69, 9.17) is 4.74 Å². The minimum atomic E-state index is -0.209. The van der Waals surface area contributed by atoms with Crippen LogP contribution in [0.5, 0.6) is 5.75 Å². The van der Waals surface area contributed by atoms with Crippen molar-refractivity contribution in [3.8, 4) is 11.7 Å². The van der Waals surface area contributed by atoms with Gasteiger partial charge in [0, 0.05) is 11.9 Å². The summed E-state index contributed by atoms with van der Waals surface area (Å²) in [5.41, 5.74) is 3.40. The molecule has 2 N–H and O–H groups in total. The van der Waals surface area contributed by atoms with Crippen LogP contribution < -0.4 is 10.3 Å². The van der Waals surface area contributed by atoms with Crippen LogP contribution in [0.2, 0.25) is 0 Å². The van der Waals surface area contributed by atoms with Crippen LogP contribution in [-0.4, -0.2) is 33.1 Å². The molecule has 0 radical (unpaired) electrons. The predicted octanol–water partition coefficient (Wildman–Crippen LogP) is 3.11. The Hall–Kier alpha value is -3.61. The van der Waals surface area contributed by atoms with Gasteiger partial charge >= 0.3 is 0 Å². The number of aromatic amines is 2. The number of nitrogens with zero attached hydrogens (tertiary/aromatic N) is 3. The van der Waals surface area contributed by atoms with Crippen molar-refractivity contribution in [1.82, 2.24) is 19.7 Å². The smallest absolute Gasteiger partial charge is 0.282 e. The van der Waals surface area contributed by atoms with Crippen molar-refractivity contribution in [2.45, 2.75) is 6.92 Å². The second-order valence-electron chi connectivity index (χ2n) is 5.82. The van der Waals surface area contributed by atoms with Crippen molar-refractivity contribution in [2.75, 3.05) is 7.11 Å². The van der Waals surface area contributed by atoms with Crippen LogP contribution >= 0.6 is 0 Å². The fourth-order valence-electron chi connectivity index (χ4n) is 2.71. The molecule has 0 bridgehead atoms. The molecule has 0 amide bonds. The Balaban J connectivity index is 1.69. The maximum absolute atomic E-state index is 12.7. The number of methoxy groups -OCH3 is 1. The Morgan fingerprint density at radius 3 is 2.65 bits per heavy atom. The van der Waals surface area contributed by atoms with Crippen LogP contribution in [0.3, 0.4) is 0 Å². The van der Waals surface area contributed by atoms with E-state index in [0.29, 0.717) is 17.2 Å². The second kappa shape index (κ2) is 6.36. The highest BCUT2D eigenvalue weighted by Gasteiger charge is 2.13. The molecule has 4 rings (SSSR count). The molecule has 26 heavy (non-hydrogen) atoms. The van der Waals surface area contributed by atoms with Gasteiger partial charge in [-0.05, 0) is 43.3 Å². The summed E-state index contributed by atoms with van der Waals surface area (Å²) in [6.45, 7) is 1.83. The molecule has 0 atom stereocenters. The summed E-state index contributed by atoms with van der Waals surface area (Å²) in [6.07, 6.45) is 1.56. The Bertz CT molecular complexity index is 1120. The molecule has 0 spiro atoms. The van der Waals surface area contributed by atoms with Crippen LogP contribution in [-0.2, 0) is 0 Å². The highest BCUT2D eigenvalue weighted by atomic mass is 16.5. The van der Waals surface area contributed by atoms with E-state index < -0.39 is 0 Å². The molecule has 0 aliphatic heterocycles. The van der Waals surface area contributed by atoms with Gasteiger partial charge in [0.2, 0.25) is 5.95 Å². The maximum Gasteiger partial charge on any atom is 0.282 e. The third kappa shape index (κ3) is 2.79. The van der Waals surface area contributed by atoms with Crippen molar-refractivity contribution < 1.29 is 4.74 Å². The minimum absolute atomic E-state index is 0.209. The van der Waals surface area contributed by atoms with Crippen LogP contribution in [0, 0.1) is 6.92 Å². The number of aliphatic imine (C=N–C) groups is 1. The number of aryl methyl sites for hydroxylation is 1. The molecule has 4 aromatic rings. The molecular weight excluding hydrogens is 330 g/mol. The van der Waals surface area contributed by atoms with Gasteiger partial charge in [0.1, 0.15) is 5.75 Å². The Labute approximate surface area is 149 Å². The zero-order valence-corrected chi connectivity index (χ0v) is 14.4. The first-order chi connectivity index (χ1) is 12.7. The molecule has 0 aliphatic rings. The molecule has 130 valence electrons. The van der Waals surface area contributed by atoms with Crippen molar-refractivity contribution in [2.24, 2.45) is 4.99 Å².